The molecule has 0 fully saturated rings. The first-order chi connectivity index (χ1) is 9.56. The molecule has 2 rings (SSSR count). The molecule has 0 heterocycles. The minimum atomic E-state index is -0.769. The Morgan fingerprint density at radius 1 is 1.15 bits per heavy atom. The zero-order chi connectivity index (χ0) is 14.5. The number of rotatable bonds is 5. The summed E-state index contributed by atoms with van der Waals surface area (Å²) in [4.78, 5) is 0. The Balaban J connectivity index is 1.92. The quantitative estimate of drug-likeness (QED) is 0.876. The first-order valence-corrected chi connectivity index (χ1v) is 6.90. The molecule has 106 valence electrons. The van der Waals surface area contributed by atoms with Crippen LogP contribution >= 0.6 is 23.2 Å². The van der Waals surface area contributed by atoms with Gasteiger partial charge in [0.1, 0.15) is 5.82 Å². The summed E-state index contributed by atoms with van der Waals surface area (Å²) < 4.78 is 13.0. The molecule has 20 heavy (non-hydrogen) atoms. The van der Waals surface area contributed by atoms with E-state index in [1.807, 2.05) is 6.07 Å². The van der Waals surface area contributed by atoms with Crippen LogP contribution in [0.5, 0.6) is 0 Å². The molecule has 1 unspecified atom stereocenters. The van der Waals surface area contributed by atoms with Crippen LogP contribution in [0.2, 0.25) is 10.0 Å². The number of benzene rings is 2. The molecule has 1 atom stereocenters. The molecule has 0 aliphatic carbocycles. The Kier molecular flexibility index (Phi) is 5.38. The summed E-state index contributed by atoms with van der Waals surface area (Å²) in [6, 6.07) is 11.3. The van der Waals surface area contributed by atoms with Crippen molar-refractivity contribution < 1.29 is 9.50 Å². The smallest absolute Gasteiger partial charge is 0.123 e. The SMILES string of the molecule is OC(CNCc1cccc(F)c1)c1cc(Cl)ccc1Cl. The van der Waals surface area contributed by atoms with Gasteiger partial charge in [-0.25, -0.2) is 4.39 Å². The summed E-state index contributed by atoms with van der Waals surface area (Å²) in [6.07, 6.45) is -0.769. The largest absolute Gasteiger partial charge is 0.387 e. The van der Waals surface area contributed by atoms with E-state index in [1.54, 1.807) is 24.3 Å². The molecule has 0 saturated carbocycles. The highest BCUT2D eigenvalue weighted by atomic mass is 35.5. The van der Waals surface area contributed by atoms with Crippen molar-refractivity contribution in [2.24, 2.45) is 0 Å². The predicted molar refractivity (Wildman–Crippen MR) is 79.5 cm³/mol. The average molecular weight is 314 g/mol. The molecule has 2 nitrogen and oxygen atoms in total. The van der Waals surface area contributed by atoms with Gasteiger partial charge in [0.05, 0.1) is 6.10 Å². The molecule has 0 radical (unpaired) electrons. The molecule has 2 N–H and O–H groups in total. The maximum atomic E-state index is 13.0. The average Bonchev–Trinajstić information content (AvgIpc) is 2.41. The lowest BCUT2D eigenvalue weighted by atomic mass is 10.1. The zero-order valence-electron chi connectivity index (χ0n) is 10.6. The second kappa shape index (κ2) is 7.04. The molecule has 0 spiro atoms. The van der Waals surface area contributed by atoms with Crippen LogP contribution in [0.25, 0.3) is 0 Å². The lowest BCUT2D eigenvalue weighted by molar-refractivity contribution is 0.174. The van der Waals surface area contributed by atoms with Crippen molar-refractivity contribution in [1.82, 2.24) is 5.32 Å². The van der Waals surface area contributed by atoms with Gasteiger partial charge in [0, 0.05) is 28.7 Å². The number of hydrogen-bond acceptors (Lipinski definition) is 2. The molecule has 0 aliphatic heterocycles. The van der Waals surface area contributed by atoms with Crippen LogP contribution in [-0.2, 0) is 6.54 Å². The topological polar surface area (TPSA) is 32.3 Å². The number of aliphatic hydroxyl groups excluding tert-OH is 1. The normalized spacial score (nSPS) is 12.4. The van der Waals surface area contributed by atoms with E-state index < -0.39 is 6.10 Å². The molecule has 5 heteroatoms. The van der Waals surface area contributed by atoms with Crippen molar-refractivity contribution >= 4 is 23.2 Å². The van der Waals surface area contributed by atoms with Crippen molar-refractivity contribution in [3.63, 3.8) is 0 Å². The molecular formula is C15H14Cl2FNO. The van der Waals surface area contributed by atoms with Crippen molar-refractivity contribution in [1.29, 1.82) is 0 Å². The summed E-state index contributed by atoms with van der Waals surface area (Å²) in [5.74, 6) is -0.275. The molecule has 0 aromatic heterocycles. The van der Waals surface area contributed by atoms with Crippen molar-refractivity contribution in [3.05, 3.63) is 69.5 Å². The standard InChI is InChI=1S/C15H14Cl2FNO/c16-11-4-5-14(17)13(7-11)15(20)9-19-8-10-2-1-3-12(18)6-10/h1-7,15,19-20H,8-9H2. The predicted octanol–water partition coefficient (Wildman–Crippen LogP) is 3.96. The Hall–Kier alpha value is -1.13. The van der Waals surface area contributed by atoms with Crippen LogP contribution < -0.4 is 5.32 Å². The van der Waals surface area contributed by atoms with E-state index in [1.165, 1.54) is 12.1 Å². The van der Waals surface area contributed by atoms with E-state index in [0.29, 0.717) is 28.7 Å². The maximum absolute atomic E-state index is 13.0. The molecule has 0 saturated heterocycles. The fourth-order valence-electron chi connectivity index (χ4n) is 1.88. The molecule has 2 aromatic carbocycles. The summed E-state index contributed by atoms with van der Waals surface area (Å²) in [5, 5.41) is 14.1. The van der Waals surface area contributed by atoms with Crippen molar-refractivity contribution in [2.45, 2.75) is 12.6 Å². The molecule has 0 bridgehead atoms. The lowest BCUT2D eigenvalue weighted by Crippen LogP contribution is -2.21. The van der Waals surface area contributed by atoms with Gasteiger partial charge < -0.3 is 10.4 Å². The highest BCUT2D eigenvalue weighted by Gasteiger charge is 2.11. The second-order valence-electron chi connectivity index (χ2n) is 4.44. The molecular weight excluding hydrogens is 300 g/mol. The van der Waals surface area contributed by atoms with E-state index in [-0.39, 0.29) is 5.82 Å². The number of aliphatic hydroxyl groups is 1. The minimum absolute atomic E-state index is 0.275. The van der Waals surface area contributed by atoms with Crippen molar-refractivity contribution in [3.8, 4) is 0 Å². The Bertz CT molecular complexity index is 592. The zero-order valence-corrected chi connectivity index (χ0v) is 12.1. The second-order valence-corrected chi connectivity index (χ2v) is 5.29. The van der Waals surface area contributed by atoms with Gasteiger partial charge in [-0.2, -0.15) is 0 Å². The summed E-state index contributed by atoms with van der Waals surface area (Å²) in [7, 11) is 0. The van der Waals surface area contributed by atoms with Crippen LogP contribution in [0.3, 0.4) is 0 Å². The van der Waals surface area contributed by atoms with Crippen LogP contribution in [0, 0.1) is 5.82 Å². The third kappa shape index (κ3) is 4.18. The fraction of sp³-hybridized carbons (Fsp3) is 0.200. The Labute approximate surface area is 127 Å². The van der Waals surface area contributed by atoms with Crippen molar-refractivity contribution in [2.75, 3.05) is 6.54 Å². The van der Waals surface area contributed by atoms with Crippen LogP contribution in [0.15, 0.2) is 42.5 Å². The van der Waals surface area contributed by atoms with Gasteiger partial charge in [0.2, 0.25) is 0 Å². The number of nitrogens with one attached hydrogen (secondary N) is 1. The molecule has 0 amide bonds. The van der Waals surface area contributed by atoms with E-state index in [0.717, 1.165) is 5.56 Å². The van der Waals surface area contributed by atoms with Gasteiger partial charge in [-0.05, 0) is 35.9 Å². The minimum Gasteiger partial charge on any atom is -0.387 e. The van der Waals surface area contributed by atoms with Gasteiger partial charge in [-0.3, -0.25) is 0 Å². The summed E-state index contributed by atoms with van der Waals surface area (Å²) in [6.45, 7) is 0.767. The van der Waals surface area contributed by atoms with Crippen LogP contribution in [-0.4, -0.2) is 11.7 Å². The number of halogens is 3. The third-order valence-electron chi connectivity index (χ3n) is 2.87. The van der Waals surface area contributed by atoms with E-state index in [4.69, 9.17) is 23.2 Å². The molecule has 2 aromatic rings. The maximum Gasteiger partial charge on any atom is 0.123 e. The first-order valence-electron chi connectivity index (χ1n) is 6.14. The summed E-state index contributed by atoms with van der Waals surface area (Å²) in [5.41, 5.74) is 1.39. The monoisotopic (exact) mass is 313 g/mol. The summed E-state index contributed by atoms with van der Waals surface area (Å²) >= 11 is 11.9. The van der Waals surface area contributed by atoms with Crippen LogP contribution in [0.1, 0.15) is 17.2 Å². The van der Waals surface area contributed by atoms with Gasteiger partial charge in [0.25, 0.3) is 0 Å². The van der Waals surface area contributed by atoms with E-state index in [9.17, 15) is 9.50 Å². The highest BCUT2D eigenvalue weighted by Crippen LogP contribution is 2.26. The fourth-order valence-corrected chi connectivity index (χ4v) is 2.30. The van der Waals surface area contributed by atoms with Gasteiger partial charge in [-0.1, -0.05) is 35.3 Å². The third-order valence-corrected chi connectivity index (χ3v) is 3.45. The van der Waals surface area contributed by atoms with Gasteiger partial charge in [-0.15, -0.1) is 0 Å². The lowest BCUT2D eigenvalue weighted by Gasteiger charge is -2.14. The van der Waals surface area contributed by atoms with Crippen LogP contribution in [0.4, 0.5) is 4.39 Å². The highest BCUT2D eigenvalue weighted by molar-refractivity contribution is 6.33. The first kappa shape index (κ1) is 15.3. The Morgan fingerprint density at radius 3 is 2.70 bits per heavy atom. The van der Waals surface area contributed by atoms with E-state index in [2.05, 4.69) is 5.32 Å². The molecule has 0 aliphatic rings. The number of hydrogen-bond donors (Lipinski definition) is 2. The van der Waals surface area contributed by atoms with E-state index >= 15 is 0 Å². The van der Waals surface area contributed by atoms with Gasteiger partial charge >= 0.3 is 0 Å². The Morgan fingerprint density at radius 2 is 1.95 bits per heavy atom. The van der Waals surface area contributed by atoms with Gasteiger partial charge in [0.15, 0.2) is 0 Å².